The van der Waals surface area contributed by atoms with Gasteiger partial charge >= 0.3 is 0 Å². The summed E-state index contributed by atoms with van der Waals surface area (Å²) in [7, 11) is 0. The zero-order valence-electron chi connectivity index (χ0n) is 19.7. The first-order valence-electron chi connectivity index (χ1n) is 11.6. The summed E-state index contributed by atoms with van der Waals surface area (Å²) in [6.07, 6.45) is 1.57. The van der Waals surface area contributed by atoms with E-state index < -0.39 is 0 Å². The van der Waals surface area contributed by atoms with Gasteiger partial charge in [0.25, 0.3) is 5.91 Å². The maximum atomic E-state index is 12.4. The molecule has 1 aromatic heterocycles. The van der Waals surface area contributed by atoms with Crippen molar-refractivity contribution < 1.29 is 4.79 Å². The molecule has 0 fully saturated rings. The third-order valence-electron chi connectivity index (χ3n) is 5.55. The molecule has 0 aliphatic heterocycles. The molecule has 5 rings (SSSR count). The molecule has 0 radical (unpaired) electrons. The van der Waals surface area contributed by atoms with Crippen molar-refractivity contribution in [1.82, 2.24) is 20.2 Å². The fraction of sp³-hybridized carbons (Fsp3) is 0.0714. The molecule has 0 bridgehead atoms. The Morgan fingerprint density at radius 1 is 0.919 bits per heavy atom. The maximum Gasteiger partial charge on any atom is 0.250 e. The topological polar surface area (TPSA) is 84.2 Å². The van der Waals surface area contributed by atoms with E-state index >= 15 is 0 Å². The fourth-order valence-electron chi connectivity index (χ4n) is 3.79. The van der Waals surface area contributed by atoms with Crippen LogP contribution in [0, 0.1) is 0 Å². The number of thioether (sulfide) groups is 1. The Kier molecular flexibility index (Phi) is 7.78. The molecule has 4 aromatic carbocycles. The predicted octanol–water partition coefficient (Wildman–Crippen LogP) is 5.93. The van der Waals surface area contributed by atoms with Crippen LogP contribution in [0.2, 0.25) is 5.02 Å². The van der Waals surface area contributed by atoms with Crippen molar-refractivity contribution in [3.8, 4) is 5.69 Å². The highest BCUT2D eigenvalue weighted by molar-refractivity contribution is 7.99. The summed E-state index contributed by atoms with van der Waals surface area (Å²) < 4.78 is 1.97. The van der Waals surface area contributed by atoms with E-state index in [-0.39, 0.29) is 11.7 Å². The van der Waals surface area contributed by atoms with Crippen LogP contribution in [0.25, 0.3) is 16.5 Å². The van der Waals surface area contributed by atoms with Crippen LogP contribution in [0.1, 0.15) is 11.4 Å². The summed E-state index contributed by atoms with van der Waals surface area (Å²) in [4.78, 5) is 12.4. The first-order chi connectivity index (χ1) is 18.2. The Morgan fingerprint density at radius 3 is 2.51 bits per heavy atom. The monoisotopic (exact) mass is 526 g/mol. The van der Waals surface area contributed by atoms with E-state index in [1.54, 1.807) is 18.3 Å². The lowest BCUT2D eigenvalue weighted by Crippen LogP contribution is -2.20. The Balaban J connectivity index is 1.29. The van der Waals surface area contributed by atoms with Gasteiger partial charge in [0.1, 0.15) is 0 Å². The molecular weight excluding hydrogens is 504 g/mol. The highest BCUT2D eigenvalue weighted by Crippen LogP contribution is 2.25. The molecule has 37 heavy (non-hydrogen) atoms. The van der Waals surface area contributed by atoms with E-state index in [0.717, 1.165) is 33.5 Å². The summed E-state index contributed by atoms with van der Waals surface area (Å²) in [5.74, 6) is 0.635. The number of nitrogens with one attached hydrogen (secondary N) is 2. The number of rotatable bonds is 9. The van der Waals surface area contributed by atoms with Crippen molar-refractivity contribution in [3.63, 3.8) is 0 Å². The molecule has 184 valence electrons. The van der Waals surface area contributed by atoms with Gasteiger partial charge in [-0.25, -0.2) is 5.43 Å². The van der Waals surface area contributed by atoms with E-state index in [0.29, 0.717) is 16.7 Å². The van der Waals surface area contributed by atoms with Gasteiger partial charge in [-0.05, 0) is 41.3 Å². The number of hydrazone groups is 1. The molecule has 7 nitrogen and oxygen atoms in total. The van der Waals surface area contributed by atoms with E-state index in [2.05, 4.69) is 50.3 Å². The minimum Gasteiger partial charge on any atom is -0.377 e. The van der Waals surface area contributed by atoms with Gasteiger partial charge in [0, 0.05) is 21.8 Å². The second-order valence-corrected chi connectivity index (χ2v) is 9.46. The molecule has 0 spiro atoms. The second kappa shape index (κ2) is 11.7. The highest BCUT2D eigenvalue weighted by Gasteiger charge is 2.16. The van der Waals surface area contributed by atoms with E-state index in [9.17, 15) is 4.79 Å². The van der Waals surface area contributed by atoms with Crippen LogP contribution >= 0.6 is 23.4 Å². The number of carbonyl (C=O) groups is 1. The lowest BCUT2D eigenvalue weighted by molar-refractivity contribution is -0.118. The molecule has 0 saturated heterocycles. The quantitative estimate of drug-likeness (QED) is 0.141. The molecule has 9 heteroatoms. The fourth-order valence-corrected chi connectivity index (χ4v) is 4.68. The predicted molar refractivity (Wildman–Crippen MR) is 151 cm³/mol. The summed E-state index contributed by atoms with van der Waals surface area (Å²) in [6.45, 7) is 0.466. The minimum atomic E-state index is -0.242. The second-order valence-electron chi connectivity index (χ2n) is 8.08. The normalized spacial score (nSPS) is 11.2. The number of benzene rings is 4. The average Bonchev–Trinajstić information content (AvgIpc) is 3.35. The molecule has 0 aliphatic rings. The summed E-state index contributed by atoms with van der Waals surface area (Å²) in [5.41, 5.74) is 5.33. The highest BCUT2D eigenvalue weighted by atomic mass is 35.5. The zero-order chi connectivity index (χ0) is 25.5. The molecule has 1 heterocycles. The van der Waals surface area contributed by atoms with Gasteiger partial charge in [0.2, 0.25) is 0 Å². The van der Waals surface area contributed by atoms with Gasteiger partial charge in [-0.3, -0.25) is 9.36 Å². The van der Waals surface area contributed by atoms with Crippen molar-refractivity contribution in [1.29, 1.82) is 0 Å². The molecule has 2 N–H and O–H groups in total. The summed E-state index contributed by atoms with van der Waals surface area (Å²) in [6, 6.07) is 31.5. The molecule has 0 saturated carbocycles. The Hall–Kier alpha value is -4.14. The van der Waals surface area contributed by atoms with Gasteiger partial charge in [0.15, 0.2) is 11.0 Å². The first-order valence-corrected chi connectivity index (χ1v) is 13.0. The van der Waals surface area contributed by atoms with Crippen LogP contribution in [0.3, 0.4) is 0 Å². The number of aromatic nitrogens is 3. The van der Waals surface area contributed by atoms with Crippen molar-refractivity contribution in [2.24, 2.45) is 5.10 Å². The number of nitrogens with zero attached hydrogens (tertiary/aromatic N) is 4. The third-order valence-corrected chi connectivity index (χ3v) is 6.73. The lowest BCUT2D eigenvalue weighted by atomic mass is 10.1. The van der Waals surface area contributed by atoms with Gasteiger partial charge in [0.05, 0.1) is 18.5 Å². The summed E-state index contributed by atoms with van der Waals surface area (Å²) >= 11 is 7.20. The Morgan fingerprint density at radius 2 is 1.68 bits per heavy atom. The van der Waals surface area contributed by atoms with Crippen molar-refractivity contribution in [2.75, 3.05) is 11.1 Å². The number of hydrogen-bond acceptors (Lipinski definition) is 6. The SMILES string of the molecule is O=C(CSc1nnc(CNc2cccc3ccccc23)n1-c1ccccc1)N/N=C\c1ccc(Cl)cc1. The lowest BCUT2D eigenvalue weighted by Gasteiger charge is -2.12. The molecular formula is C28H23ClN6OS. The number of carbonyl (C=O) groups excluding carboxylic acids is 1. The molecule has 5 aromatic rings. The third kappa shape index (κ3) is 6.17. The number of amides is 1. The van der Waals surface area contributed by atoms with Gasteiger partial charge < -0.3 is 5.32 Å². The largest absolute Gasteiger partial charge is 0.377 e. The Bertz CT molecular complexity index is 1530. The molecule has 1 amide bonds. The maximum absolute atomic E-state index is 12.4. The number of halogens is 1. The molecule has 0 aliphatic carbocycles. The van der Waals surface area contributed by atoms with Crippen LogP contribution in [0.5, 0.6) is 0 Å². The smallest absolute Gasteiger partial charge is 0.250 e. The van der Waals surface area contributed by atoms with Crippen LogP contribution in [-0.4, -0.2) is 32.6 Å². The Labute approximate surface area is 223 Å². The van der Waals surface area contributed by atoms with Gasteiger partial charge in [-0.1, -0.05) is 90.1 Å². The number of hydrogen-bond donors (Lipinski definition) is 2. The van der Waals surface area contributed by atoms with Crippen LogP contribution in [0.4, 0.5) is 5.69 Å². The van der Waals surface area contributed by atoms with Crippen LogP contribution in [0.15, 0.2) is 107 Å². The standard InChI is InChI=1S/C28H23ClN6OS/c29-22-15-13-20(14-16-22)17-31-33-27(36)19-37-28-34-32-26(35(28)23-9-2-1-3-10-23)18-30-25-12-6-8-21-7-4-5-11-24(21)25/h1-17,30H,18-19H2,(H,33,36)/b31-17-. The van der Waals surface area contributed by atoms with E-state index in [4.69, 9.17) is 11.6 Å². The molecule has 0 unspecified atom stereocenters. The van der Waals surface area contributed by atoms with E-state index in [1.807, 2.05) is 65.2 Å². The number of anilines is 1. The number of para-hydroxylation sites is 1. The van der Waals surface area contributed by atoms with Crippen molar-refractivity contribution >= 4 is 51.9 Å². The van der Waals surface area contributed by atoms with Crippen molar-refractivity contribution in [2.45, 2.75) is 11.7 Å². The minimum absolute atomic E-state index is 0.139. The zero-order valence-corrected chi connectivity index (χ0v) is 21.3. The summed E-state index contributed by atoms with van der Waals surface area (Å²) in [5, 5.41) is 19.9. The van der Waals surface area contributed by atoms with Crippen LogP contribution in [-0.2, 0) is 11.3 Å². The van der Waals surface area contributed by atoms with Gasteiger partial charge in [-0.2, -0.15) is 5.10 Å². The first kappa shape index (κ1) is 24.5. The van der Waals surface area contributed by atoms with Gasteiger partial charge in [-0.15, -0.1) is 10.2 Å². The average molecular weight is 527 g/mol. The number of fused-ring (bicyclic) bond motifs is 1. The van der Waals surface area contributed by atoms with E-state index in [1.165, 1.54) is 11.8 Å². The van der Waals surface area contributed by atoms with Crippen molar-refractivity contribution in [3.05, 3.63) is 113 Å². The molecule has 0 atom stereocenters. The van der Waals surface area contributed by atoms with Crippen LogP contribution < -0.4 is 10.7 Å².